The van der Waals surface area contributed by atoms with Gasteiger partial charge in [0.05, 0.1) is 11.4 Å². The van der Waals surface area contributed by atoms with E-state index in [4.69, 9.17) is 0 Å². The first-order valence-corrected chi connectivity index (χ1v) is 4.12. The summed E-state index contributed by atoms with van der Waals surface area (Å²) in [6.45, 7) is 0. The van der Waals surface area contributed by atoms with Crippen LogP contribution in [0.4, 0.5) is 28.9 Å². The number of amides is 1. The van der Waals surface area contributed by atoms with Gasteiger partial charge in [-0.25, -0.2) is 9.40 Å². The molecule has 0 unspecified atom stereocenters. The monoisotopic (exact) mass is 235 g/mol. The fraction of sp³-hybridized carbons (Fsp3) is 0.125. The Morgan fingerprint density at radius 1 is 1.31 bits per heavy atom. The molecular weight excluding hydrogens is 230 g/mol. The highest BCUT2D eigenvalue weighted by atomic mass is 19.4. The SMILES string of the molecule is O=C(N1NNc2ccc(F)cc21)C(F)(F)F. The highest BCUT2D eigenvalue weighted by Crippen LogP contribution is 2.32. The van der Waals surface area contributed by atoms with Crippen LogP contribution in [0, 0.1) is 5.82 Å². The van der Waals surface area contributed by atoms with Gasteiger partial charge in [0.25, 0.3) is 0 Å². The Kier molecular flexibility index (Phi) is 2.23. The molecule has 1 heterocycles. The van der Waals surface area contributed by atoms with Crippen molar-refractivity contribution >= 4 is 17.3 Å². The Morgan fingerprint density at radius 2 is 2.00 bits per heavy atom. The Hall–Kier alpha value is -1.83. The average Bonchev–Trinajstić information content (AvgIpc) is 2.57. The molecule has 1 amide bonds. The topological polar surface area (TPSA) is 44.4 Å². The lowest BCUT2D eigenvalue weighted by Crippen LogP contribution is -2.48. The molecule has 0 spiro atoms. The van der Waals surface area contributed by atoms with Crippen LogP contribution in [0.5, 0.6) is 0 Å². The van der Waals surface area contributed by atoms with E-state index in [0.29, 0.717) is 0 Å². The number of carbonyl (C=O) groups excluding carboxylic acids is 1. The predicted octanol–water partition coefficient (Wildman–Crippen LogP) is 1.57. The Morgan fingerprint density at radius 3 is 2.62 bits per heavy atom. The van der Waals surface area contributed by atoms with E-state index in [1.807, 2.05) is 5.53 Å². The van der Waals surface area contributed by atoms with Crippen molar-refractivity contribution in [3.05, 3.63) is 24.0 Å². The quantitative estimate of drug-likeness (QED) is 0.671. The molecule has 0 aliphatic carbocycles. The molecule has 1 aromatic rings. The van der Waals surface area contributed by atoms with Crippen LogP contribution < -0.4 is 16.0 Å². The number of anilines is 2. The van der Waals surface area contributed by atoms with Crippen molar-refractivity contribution in [2.24, 2.45) is 0 Å². The molecule has 4 nitrogen and oxygen atoms in total. The van der Waals surface area contributed by atoms with Gasteiger partial charge in [-0.2, -0.15) is 13.2 Å². The zero-order valence-electron chi connectivity index (χ0n) is 7.60. The standard InChI is InChI=1S/C8H5F4N3O/c9-4-1-2-5-6(3-4)15(14-13-5)7(16)8(10,11)12/h1-3,13-14H. The van der Waals surface area contributed by atoms with E-state index in [-0.39, 0.29) is 16.4 Å². The van der Waals surface area contributed by atoms with Crippen LogP contribution in [-0.4, -0.2) is 12.1 Å². The van der Waals surface area contributed by atoms with Crippen LogP contribution in [0.2, 0.25) is 0 Å². The van der Waals surface area contributed by atoms with E-state index in [1.165, 1.54) is 6.07 Å². The number of nitrogens with one attached hydrogen (secondary N) is 2. The summed E-state index contributed by atoms with van der Waals surface area (Å²) in [5.41, 5.74) is 4.31. The maximum absolute atomic E-state index is 12.8. The highest BCUT2D eigenvalue weighted by Gasteiger charge is 2.45. The van der Waals surface area contributed by atoms with Crippen molar-refractivity contribution in [2.45, 2.75) is 6.18 Å². The summed E-state index contributed by atoms with van der Waals surface area (Å²) in [4.78, 5) is 10.9. The maximum Gasteiger partial charge on any atom is 0.473 e. The van der Waals surface area contributed by atoms with E-state index < -0.39 is 17.9 Å². The van der Waals surface area contributed by atoms with Gasteiger partial charge in [-0.15, -0.1) is 5.53 Å². The molecule has 2 N–H and O–H groups in total. The minimum Gasteiger partial charge on any atom is -0.301 e. The highest BCUT2D eigenvalue weighted by molar-refractivity contribution is 6.00. The summed E-state index contributed by atoms with van der Waals surface area (Å²) in [6, 6.07) is 3.11. The smallest absolute Gasteiger partial charge is 0.301 e. The fourth-order valence-electron chi connectivity index (χ4n) is 1.26. The van der Waals surface area contributed by atoms with Crippen LogP contribution in [0.15, 0.2) is 18.2 Å². The Balaban J connectivity index is 2.37. The lowest BCUT2D eigenvalue weighted by atomic mass is 10.2. The minimum absolute atomic E-state index is 0.194. The van der Waals surface area contributed by atoms with Crippen molar-refractivity contribution in [1.29, 1.82) is 0 Å². The van der Waals surface area contributed by atoms with Crippen molar-refractivity contribution in [1.82, 2.24) is 5.53 Å². The largest absolute Gasteiger partial charge is 0.473 e. The number of rotatable bonds is 0. The van der Waals surface area contributed by atoms with Crippen LogP contribution in [0.3, 0.4) is 0 Å². The number of halogens is 4. The van der Waals surface area contributed by atoms with E-state index in [9.17, 15) is 22.4 Å². The van der Waals surface area contributed by atoms with E-state index in [2.05, 4.69) is 5.43 Å². The van der Waals surface area contributed by atoms with Gasteiger partial charge in [-0.05, 0) is 12.1 Å². The van der Waals surface area contributed by atoms with Gasteiger partial charge in [0.15, 0.2) is 0 Å². The second-order valence-electron chi connectivity index (χ2n) is 3.04. The summed E-state index contributed by atoms with van der Waals surface area (Å²) >= 11 is 0. The summed E-state index contributed by atoms with van der Waals surface area (Å²) in [5, 5.41) is 0.207. The molecule has 0 saturated heterocycles. The molecule has 2 rings (SSSR count). The summed E-state index contributed by atoms with van der Waals surface area (Å²) in [7, 11) is 0. The second kappa shape index (κ2) is 3.34. The van der Waals surface area contributed by atoms with Gasteiger partial charge in [0.2, 0.25) is 0 Å². The molecule has 0 atom stereocenters. The van der Waals surface area contributed by atoms with Gasteiger partial charge in [0.1, 0.15) is 5.82 Å². The lowest BCUT2D eigenvalue weighted by molar-refractivity contribution is -0.171. The third-order valence-electron chi connectivity index (χ3n) is 1.95. The predicted molar refractivity (Wildman–Crippen MR) is 46.7 cm³/mol. The zero-order valence-corrected chi connectivity index (χ0v) is 7.60. The van der Waals surface area contributed by atoms with E-state index >= 15 is 0 Å². The molecule has 0 bridgehead atoms. The summed E-state index contributed by atoms with van der Waals surface area (Å²) in [5.74, 6) is -2.85. The minimum atomic E-state index is -5.03. The molecule has 1 aliphatic heterocycles. The van der Waals surface area contributed by atoms with Crippen molar-refractivity contribution in [3.63, 3.8) is 0 Å². The van der Waals surface area contributed by atoms with Gasteiger partial charge < -0.3 is 5.43 Å². The number of carbonyl (C=O) groups is 1. The van der Waals surface area contributed by atoms with Crippen molar-refractivity contribution in [3.8, 4) is 0 Å². The molecule has 0 radical (unpaired) electrons. The first-order valence-electron chi connectivity index (χ1n) is 4.12. The van der Waals surface area contributed by atoms with Gasteiger partial charge in [0, 0.05) is 6.07 Å². The number of nitrogens with zero attached hydrogens (tertiary/aromatic N) is 1. The number of alkyl halides is 3. The maximum atomic E-state index is 12.8. The summed E-state index contributed by atoms with van der Waals surface area (Å²) in [6.07, 6.45) is -5.03. The normalized spacial score (nSPS) is 14.6. The van der Waals surface area contributed by atoms with Crippen LogP contribution in [0.1, 0.15) is 0 Å². The first-order chi connectivity index (χ1) is 7.39. The van der Waals surface area contributed by atoms with Gasteiger partial charge in [-0.1, -0.05) is 0 Å². The van der Waals surface area contributed by atoms with Crippen LogP contribution >= 0.6 is 0 Å². The molecule has 16 heavy (non-hydrogen) atoms. The van der Waals surface area contributed by atoms with Crippen molar-refractivity contribution in [2.75, 3.05) is 10.4 Å². The fourth-order valence-corrected chi connectivity index (χ4v) is 1.26. The van der Waals surface area contributed by atoms with Crippen LogP contribution in [0.25, 0.3) is 0 Å². The molecule has 8 heteroatoms. The molecule has 86 valence electrons. The molecule has 0 fully saturated rings. The molecule has 1 aromatic carbocycles. The zero-order chi connectivity index (χ0) is 11.9. The number of hydrogen-bond donors (Lipinski definition) is 2. The lowest BCUT2D eigenvalue weighted by Gasteiger charge is -2.16. The number of hydrazine groups is 2. The Labute approximate surface area is 86.8 Å². The van der Waals surface area contributed by atoms with Crippen LogP contribution in [-0.2, 0) is 4.79 Å². The number of benzene rings is 1. The third kappa shape index (κ3) is 1.67. The number of hydrogen-bond acceptors (Lipinski definition) is 3. The third-order valence-corrected chi connectivity index (χ3v) is 1.95. The Bertz CT molecular complexity index is 445. The summed E-state index contributed by atoms with van der Waals surface area (Å²) < 4.78 is 49.2. The molecule has 1 aliphatic rings. The second-order valence-corrected chi connectivity index (χ2v) is 3.04. The molecular formula is C8H5F4N3O. The number of fused-ring (bicyclic) bond motifs is 1. The molecule has 0 aromatic heterocycles. The van der Waals surface area contributed by atoms with Gasteiger partial charge in [-0.3, -0.25) is 4.79 Å². The average molecular weight is 235 g/mol. The first kappa shape index (κ1) is 10.7. The van der Waals surface area contributed by atoms with Crippen molar-refractivity contribution < 1.29 is 22.4 Å². The van der Waals surface area contributed by atoms with Gasteiger partial charge >= 0.3 is 12.1 Å². The van der Waals surface area contributed by atoms with E-state index in [1.54, 1.807) is 0 Å². The van der Waals surface area contributed by atoms with E-state index in [0.717, 1.165) is 12.1 Å². The molecule has 0 saturated carbocycles.